The van der Waals surface area contributed by atoms with Crippen LogP contribution in [0.1, 0.15) is 24.0 Å². The van der Waals surface area contributed by atoms with Crippen LogP contribution in [0.15, 0.2) is 10.5 Å². The number of rotatable bonds is 2. The number of halogens is 2. The minimum atomic E-state index is -0.329. The smallest absolute Gasteiger partial charge is 0.133 e. The summed E-state index contributed by atoms with van der Waals surface area (Å²) in [5, 5.41) is 9.74. The maximum Gasteiger partial charge on any atom is 0.133 e. The first-order chi connectivity index (χ1) is 6.49. The number of phenols is 1. The van der Waals surface area contributed by atoms with Crippen molar-refractivity contribution in [2.45, 2.75) is 19.8 Å². The highest BCUT2D eigenvalue weighted by atomic mass is 79.9. The van der Waals surface area contributed by atoms with E-state index in [2.05, 4.69) is 15.9 Å². The van der Waals surface area contributed by atoms with Gasteiger partial charge in [0.2, 0.25) is 0 Å². The summed E-state index contributed by atoms with van der Waals surface area (Å²) in [5.41, 5.74) is 6.54. The molecule has 0 fully saturated rings. The highest BCUT2D eigenvalue weighted by Crippen LogP contribution is 2.36. The molecule has 4 heteroatoms. The molecule has 0 bridgehead atoms. The van der Waals surface area contributed by atoms with Crippen LogP contribution in [0.4, 0.5) is 4.39 Å². The van der Waals surface area contributed by atoms with E-state index in [0.29, 0.717) is 22.1 Å². The Morgan fingerprint density at radius 2 is 2.21 bits per heavy atom. The van der Waals surface area contributed by atoms with E-state index in [1.165, 1.54) is 6.07 Å². The minimum Gasteiger partial charge on any atom is -0.506 e. The SMILES string of the molecule is Cc1c(F)cc(Br)c(O)c1C(C)CN. The third-order valence-corrected chi connectivity index (χ3v) is 2.95. The van der Waals surface area contributed by atoms with E-state index in [1.807, 2.05) is 6.92 Å². The first kappa shape index (κ1) is 11.5. The van der Waals surface area contributed by atoms with Crippen molar-refractivity contribution in [2.75, 3.05) is 6.54 Å². The molecule has 1 aromatic rings. The lowest BCUT2D eigenvalue weighted by atomic mass is 9.95. The fourth-order valence-electron chi connectivity index (χ4n) is 1.44. The number of hydrogen-bond donors (Lipinski definition) is 2. The molecule has 0 aliphatic rings. The molecule has 0 amide bonds. The summed E-state index contributed by atoms with van der Waals surface area (Å²) in [6.45, 7) is 3.88. The molecule has 0 saturated heterocycles. The lowest BCUT2D eigenvalue weighted by Gasteiger charge is -2.16. The molecule has 1 unspecified atom stereocenters. The van der Waals surface area contributed by atoms with Gasteiger partial charge in [0, 0.05) is 5.56 Å². The molecule has 1 atom stereocenters. The summed E-state index contributed by atoms with van der Waals surface area (Å²) in [6, 6.07) is 1.26. The highest BCUT2D eigenvalue weighted by Gasteiger charge is 2.17. The molecule has 1 rings (SSSR count). The van der Waals surface area contributed by atoms with Crippen LogP contribution in [0.5, 0.6) is 5.75 Å². The number of hydrogen-bond acceptors (Lipinski definition) is 2. The molecule has 0 radical (unpaired) electrons. The first-order valence-electron chi connectivity index (χ1n) is 4.36. The van der Waals surface area contributed by atoms with Gasteiger partial charge in [-0.1, -0.05) is 6.92 Å². The van der Waals surface area contributed by atoms with Crippen LogP contribution < -0.4 is 5.73 Å². The number of nitrogens with two attached hydrogens (primary N) is 1. The van der Waals surface area contributed by atoms with Crippen LogP contribution in [-0.2, 0) is 0 Å². The predicted molar refractivity (Wildman–Crippen MR) is 58.0 cm³/mol. The van der Waals surface area contributed by atoms with Gasteiger partial charge in [0.25, 0.3) is 0 Å². The molecule has 78 valence electrons. The Bertz CT molecular complexity index is 328. The Morgan fingerprint density at radius 3 is 2.71 bits per heavy atom. The van der Waals surface area contributed by atoms with Crippen molar-refractivity contribution in [3.05, 3.63) is 27.5 Å². The Kier molecular flexibility index (Phi) is 3.50. The van der Waals surface area contributed by atoms with Crippen molar-refractivity contribution in [2.24, 2.45) is 5.73 Å². The lowest BCUT2D eigenvalue weighted by Crippen LogP contribution is -2.11. The fourth-order valence-corrected chi connectivity index (χ4v) is 1.86. The maximum atomic E-state index is 13.3. The summed E-state index contributed by atoms with van der Waals surface area (Å²) in [5.74, 6) is -0.297. The van der Waals surface area contributed by atoms with Gasteiger partial charge in [-0.15, -0.1) is 0 Å². The molecule has 0 aliphatic carbocycles. The molecule has 14 heavy (non-hydrogen) atoms. The quantitative estimate of drug-likeness (QED) is 0.860. The van der Waals surface area contributed by atoms with Crippen molar-refractivity contribution < 1.29 is 9.50 Å². The zero-order chi connectivity index (χ0) is 10.9. The molecule has 1 aromatic carbocycles. The van der Waals surface area contributed by atoms with Gasteiger partial charge in [0.15, 0.2) is 0 Å². The van der Waals surface area contributed by atoms with Gasteiger partial charge in [-0.05, 0) is 46.9 Å². The van der Waals surface area contributed by atoms with Crippen molar-refractivity contribution in [1.82, 2.24) is 0 Å². The van der Waals surface area contributed by atoms with Crippen LogP contribution in [0, 0.1) is 12.7 Å². The van der Waals surface area contributed by atoms with Gasteiger partial charge < -0.3 is 10.8 Å². The highest BCUT2D eigenvalue weighted by molar-refractivity contribution is 9.10. The third-order valence-electron chi connectivity index (χ3n) is 2.34. The summed E-state index contributed by atoms with van der Waals surface area (Å²) in [6.07, 6.45) is 0. The van der Waals surface area contributed by atoms with Crippen LogP contribution >= 0.6 is 15.9 Å². The standard InChI is InChI=1S/C10H13BrFNO/c1-5(4-13)9-6(2)8(12)3-7(11)10(9)14/h3,5,14H,4,13H2,1-2H3. The molecule has 2 nitrogen and oxygen atoms in total. The Morgan fingerprint density at radius 1 is 1.64 bits per heavy atom. The normalized spacial score (nSPS) is 12.9. The van der Waals surface area contributed by atoms with Gasteiger partial charge in [-0.25, -0.2) is 4.39 Å². The summed E-state index contributed by atoms with van der Waals surface area (Å²) >= 11 is 3.10. The largest absolute Gasteiger partial charge is 0.506 e. The van der Waals surface area contributed by atoms with Crippen molar-refractivity contribution >= 4 is 15.9 Å². The minimum absolute atomic E-state index is 0.0537. The van der Waals surface area contributed by atoms with E-state index in [4.69, 9.17) is 5.73 Å². The zero-order valence-electron chi connectivity index (χ0n) is 8.14. The second-order valence-corrected chi connectivity index (χ2v) is 4.22. The molecular weight excluding hydrogens is 249 g/mol. The summed E-state index contributed by atoms with van der Waals surface area (Å²) in [4.78, 5) is 0. The summed E-state index contributed by atoms with van der Waals surface area (Å²) < 4.78 is 13.7. The zero-order valence-corrected chi connectivity index (χ0v) is 9.73. The van der Waals surface area contributed by atoms with E-state index >= 15 is 0 Å². The Hall–Kier alpha value is -0.610. The molecule has 0 spiro atoms. The van der Waals surface area contributed by atoms with Crippen LogP contribution in [0.2, 0.25) is 0 Å². The third kappa shape index (κ3) is 1.91. The van der Waals surface area contributed by atoms with Gasteiger partial charge in [-0.3, -0.25) is 0 Å². The van der Waals surface area contributed by atoms with E-state index in [0.717, 1.165) is 0 Å². The monoisotopic (exact) mass is 261 g/mol. The van der Waals surface area contributed by atoms with Gasteiger partial charge in [0.05, 0.1) is 4.47 Å². The Labute approximate surface area is 91.1 Å². The molecule has 3 N–H and O–H groups in total. The van der Waals surface area contributed by atoms with Crippen molar-refractivity contribution in [3.63, 3.8) is 0 Å². The second-order valence-electron chi connectivity index (χ2n) is 3.36. The number of phenolic OH excluding ortho intramolecular Hbond substituents is 1. The van der Waals surface area contributed by atoms with Gasteiger partial charge >= 0.3 is 0 Å². The molecule has 0 aromatic heterocycles. The van der Waals surface area contributed by atoms with E-state index < -0.39 is 0 Å². The topological polar surface area (TPSA) is 46.2 Å². The molecule has 0 saturated carbocycles. The molecule has 0 aliphatic heterocycles. The Balaban J connectivity index is 3.39. The van der Waals surface area contributed by atoms with E-state index in [-0.39, 0.29) is 17.5 Å². The van der Waals surface area contributed by atoms with Crippen LogP contribution in [0.3, 0.4) is 0 Å². The number of benzene rings is 1. The first-order valence-corrected chi connectivity index (χ1v) is 5.15. The predicted octanol–water partition coefficient (Wildman–Crippen LogP) is 2.66. The van der Waals surface area contributed by atoms with E-state index in [9.17, 15) is 9.50 Å². The average Bonchev–Trinajstić information content (AvgIpc) is 2.15. The summed E-state index contributed by atoms with van der Waals surface area (Å²) in [7, 11) is 0. The lowest BCUT2D eigenvalue weighted by molar-refractivity contribution is 0.455. The average molecular weight is 262 g/mol. The van der Waals surface area contributed by atoms with Gasteiger partial charge in [0.1, 0.15) is 11.6 Å². The van der Waals surface area contributed by atoms with Crippen molar-refractivity contribution in [1.29, 1.82) is 0 Å². The molecule has 0 heterocycles. The fraction of sp³-hybridized carbons (Fsp3) is 0.400. The van der Waals surface area contributed by atoms with Crippen LogP contribution in [-0.4, -0.2) is 11.7 Å². The number of aromatic hydroxyl groups is 1. The van der Waals surface area contributed by atoms with Crippen molar-refractivity contribution in [3.8, 4) is 5.75 Å². The van der Waals surface area contributed by atoms with E-state index in [1.54, 1.807) is 6.92 Å². The van der Waals surface area contributed by atoms with Gasteiger partial charge in [-0.2, -0.15) is 0 Å². The maximum absolute atomic E-state index is 13.3. The van der Waals surface area contributed by atoms with Crippen LogP contribution in [0.25, 0.3) is 0 Å². The second kappa shape index (κ2) is 4.28. The molecular formula is C10H13BrFNO.